The van der Waals surface area contributed by atoms with Gasteiger partial charge < -0.3 is 38.7 Å². The van der Waals surface area contributed by atoms with Crippen molar-refractivity contribution in [3.63, 3.8) is 0 Å². The van der Waals surface area contributed by atoms with E-state index in [1.807, 2.05) is 18.2 Å². The Balaban J connectivity index is 1.42. The van der Waals surface area contributed by atoms with E-state index in [4.69, 9.17) is 28.1 Å². The lowest BCUT2D eigenvalue weighted by Crippen LogP contribution is -2.37. The van der Waals surface area contributed by atoms with Crippen LogP contribution in [0.15, 0.2) is 34.7 Å². The van der Waals surface area contributed by atoms with Gasteiger partial charge in [0.1, 0.15) is 0 Å². The lowest BCUT2D eigenvalue weighted by molar-refractivity contribution is 0.0378. The fraction of sp³-hybridized carbons (Fsp3) is 0.483. The number of benzene rings is 1. The van der Waals surface area contributed by atoms with Crippen molar-refractivity contribution in [3.05, 3.63) is 41.7 Å². The molecule has 1 saturated heterocycles. The molecule has 0 aliphatic carbocycles. The van der Waals surface area contributed by atoms with Crippen LogP contribution in [0.25, 0.3) is 0 Å². The van der Waals surface area contributed by atoms with Gasteiger partial charge in [0.25, 0.3) is 11.9 Å². The summed E-state index contributed by atoms with van der Waals surface area (Å²) in [7, 11) is 4.48. The van der Waals surface area contributed by atoms with E-state index in [9.17, 15) is 4.79 Å². The second-order valence-corrected chi connectivity index (χ2v) is 10.5. The highest BCUT2D eigenvalue weighted by atomic mass is 16.6. The van der Waals surface area contributed by atoms with Crippen molar-refractivity contribution in [2.45, 2.75) is 32.6 Å². The molecule has 0 spiro atoms. The first-order valence-electron chi connectivity index (χ1n) is 13.5. The zero-order valence-corrected chi connectivity index (χ0v) is 24.5. The van der Waals surface area contributed by atoms with Crippen LogP contribution >= 0.6 is 0 Å². The summed E-state index contributed by atoms with van der Waals surface area (Å²) in [5.74, 6) is 1.24. The van der Waals surface area contributed by atoms with Gasteiger partial charge in [0.05, 0.1) is 34.5 Å². The van der Waals surface area contributed by atoms with E-state index in [2.05, 4.69) is 46.3 Å². The molecule has 1 fully saturated rings. The number of morpholine rings is 1. The number of aromatic nitrogens is 2. The SMILES string of the molecule is COc1ccc(C(C)(C)C)cc1Oc1ccc(C(=O)Nc2c(OC)nc(NCCCN3CCOCC3)nc2OC)o1. The molecule has 1 aliphatic heterocycles. The van der Waals surface area contributed by atoms with Crippen LogP contribution < -0.4 is 29.6 Å². The molecule has 2 N–H and O–H groups in total. The molecule has 2 aromatic heterocycles. The summed E-state index contributed by atoms with van der Waals surface area (Å²) in [6.07, 6.45) is 0.905. The zero-order chi connectivity index (χ0) is 29.4. The van der Waals surface area contributed by atoms with Crippen LogP contribution in [0.2, 0.25) is 0 Å². The lowest BCUT2D eigenvalue weighted by atomic mass is 9.87. The van der Waals surface area contributed by atoms with E-state index < -0.39 is 5.91 Å². The Morgan fingerprint density at radius 2 is 1.68 bits per heavy atom. The van der Waals surface area contributed by atoms with Gasteiger partial charge in [-0.3, -0.25) is 9.69 Å². The van der Waals surface area contributed by atoms with Gasteiger partial charge in [-0.2, -0.15) is 9.97 Å². The average molecular weight is 570 g/mol. The van der Waals surface area contributed by atoms with E-state index in [0.717, 1.165) is 44.8 Å². The maximum absolute atomic E-state index is 13.1. The van der Waals surface area contributed by atoms with Crippen molar-refractivity contribution in [1.82, 2.24) is 14.9 Å². The summed E-state index contributed by atoms with van der Waals surface area (Å²) in [6.45, 7) is 11.3. The van der Waals surface area contributed by atoms with Crippen LogP contribution in [0.4, 0.5) is 11.6 Å². The van der Waals surface area contributed by atoms with E-state index in [0.29, 0.717) is 24.0 Å². The molecule has 1 aliphatic rings. The molecule has 222 valence electrons. The maximum atomic E-state index is 13.1. The van der Waals surface area contributed by atoms with Crippen LogP contribution in [0.1, 0.15) is 43.3 Å². The largest absolute Gasteiger partial charge is 0.493 e. The molecule has 0 atom stereocenters. The first-order valence-corrected chi connectivity index (χ1v) is 13.5. The highest BCUT2D eigenvalue weighted by molar-refractivity contribution is 6.03. The number of carbonyl (C=O) groups excluding carboxylic acids is 1. The minimum absolute atomic E-state index is 0.0142. The second kappa shape index (κ2) is 13.6. The number of ether oxygens (including phenoxy) is 5. The van der Waals surface area contributed by atoms with Crippen LogP contribution in [-0.4, -0.2) is 81.5 Å². The molecular formula is C29H39N5O7. The van der Waals surface area contributed by atoms with Gasteiger partial charge in [0.15, 0.2) is 22.9 Å². The molecule has 12 heteroatoms. The summed E-state index contributed by atoms with van der Waals surface area (Å²) < 4.78 is 33.3. The van der Waals surface area contributed by atoms with Gasteiger partial charge in [-0.15, -0.1) is 0 Å². The van der Waals surface area contributed by atoms with Gasteiger partial charge in [0, 0.05) is 25.7 Å². The average Bonchev–Trinajstić information content (AvgIpc) is 3.44. The van der Waals surface area contributed by atoms with E-state index in [-0.39, 0.29) is 34.6 Å². The monoisotopic (exact) mass is 569 g/mol. The van der Waals surface area contributed by atoms with Crippen molar-refractivity contribution in [1.29, 1.82) is 0 Å². The van der Waals surface area contributed by atoms with Crippen LogP contribution in [0.3, 0.4) is 0 Å². The Labute approximate surface area is 240 Å². The molecule has 1 aromatic carbocycles. The fourth-order valence-electron chi connectivity index (χ4n) is 4.23. The molecule has 3 heterocycles. The molecule has 0 radical (unpaired) electrons. The number of amides is 1. The number of hydrogen-bond acceptors (Lipinski definition) is 11. The Morgan fingerprint density at radius 3 is 2.32 bits per heavy atom. The predicted octanol–water partition coefficient (Wildman–Crippen LogP) is 4.57. The number of furan rings is 1. The molecule has 0 bridgehead atoms. The number of anilines is 2. The third-order valence-corrected chi connectivity index (χ3v) is 6.55. The van der Waals surface area contributed by atoms with Crippen LogP contribution in [-0.2, 0) is 10.2 Å². The van der Waals surface area contributed by atoms with Crippen molar-refractivity contribution in [2.24, 2.45) is 0 Å². The molecule has 12 nitrogen and oxygen atoms in total. The normalized spacial score (nSPS) is 13.9. The number of nitrogens with zero attached hydrogens (tertiary/aromatic N) is 3. The van der Waals surface area contributed by atoms with E-state index >= 15 is 0 Å². The molecule has 3 aromatic rings. The molecule has 1 amide bonds. The fourth-order valence-corrected chi connectivity index (χ4v) is 4.23. The van der Waals surface area contributed by atoms with Gasteiger partial charge >= 0.3 is 0 Å². The third kappa shape index (κ3) is 7.80. The van der Waals surface area contributed by atoms with E-state index in [1.165, 1.54) is 20.3 Å². The standard InChI is InChI=1S/C29H39N5O7/c1-29(2,3)19-8-9-20(36-4)22(18-19)41-23-11-10-21(40-23)25(35)31-24-26(37-5)32-28(33-27(24)38-6)30-12-7-13-34-14-16-39-17-15-34/h8-11,18H,7,12-17H2,1-6H3,(H,31,35)(H,30,32,33). The maximum Gasteiger partial charge on any atom is 0.291 e. The molecular weight excluding hydrogens is 530 g/mol. The molecule has 0 saturated carbocycles. The minimum Gasteiger partial charge on any atom is -0.493 e. The summed E-state index contributed by atoms with van der Waals surface area (Å²) in [5, 5.41) is 5.93. The number of carbonyl (C=O) groups is 1. The number of nitrogens with one attached hydrogen (secondary N) is 2. The highest BCUT2D eigenvalue weighted by Gasteiger charge is 2.23. The zero-order valence-electron chi connectivity index (χ0n) is 24.5. The van der Waals surface area contributed by atoms with Crippen molar-refractivity contribution in [3.8, 4) is 29.2 Å². The Morgan fingerprint density at radius 1 is 0.976 bits per heavy atom. The van der Waals surface area contributed by atoms with E-state index in [1.54, 1.807) is 13.2 Å². The highest BCUT2D eigenvalue weighted by Crippen LogP contribution is 2.37. The van der Waals surface area contributed by atoms with Gasteiger partial charge in [-0.25, -0.2) is 0 Å². The van der Waals surface area contributed by atoms with Gasteiger partial charge in [-0.05, 0) is 42.1 Å². The predicted molar refractivity (Wildman–Crippen MR) is 154 cm³/mol. The molecule has 4 rings (SSSR count). The quantitative estimate of drug-likeness (QED) is 0.298. The van der Waals surface area contributed by atoms with Crippen molar-refractivity contribution >= 4 is 17.5 Å². The topological polar surface area (TPSA) is 129 Å². The van der Waals surface area contributed by atoms with Crippen molar-refractivity contribution < 1.29 is 32.9 Å². The Hall–Kier alpha value is -4.03. The Kier molecular flexibility index (Phi) is 9.90. The van der Waals surface area contributed by atoms with Crippen LogP contribution in [0.5, 0.6) is 29.2 Å². The summed E-state index contributed by atoms with van der Waals surface area (Å²) >= 11 is 0. The second-order valence-electron chi connectivity index (χ2n) is 10.5. The summed E-state index contributed by atoms with van der Waals surface area (Å²) in [6, 6.07) is 8.80. The molecule has 41 heavy (non-hydrogen) atoms. The minimum atomic E-state index is -0.554. The van der Waals surface area contributed by atoms with Crippen molar-refractivity contribution in [2.75, 3.05) is 71.4 Å². The first kappa shape index (κ1) is 29.9. The number of methoxy groups -OCH3 is 3. The summed E-state index contributed by atoms with van der Waals surface area (Å²) in [5.41, 5.74) is 1.15. The third-order valence-electron chi connectivity index (χ3n) is 6.55. The lowest BCUT2D eigenvalue weighted by Gasteiger charge is -2.26. The summed E-state index contributed by atoms with van der Waals surface area (Å²) in [4.78, 5) is 24.2. The Bertz CT molecular complexity index is 1290. The van der Waals surface area contributed by atoms with Crippen LogP contribution in [0, 0.1) is 0 Å². The van der Waals surface area contributed by atoms with Gasteiger partial charge in [0.2, 0.25) is 17.7 Å². The number of hydrogen-bond donors (Lipinski definition) is 2. The first-order chi connectivity index (χ1) is 19.7. The smallest absolute Gasteiger partial charge is 0.291 e. The van der Waals surface area contributed by atoms with Gasteiger partial charge in [-0.1, -0.05) is 26.8 Å². The molecule has 0 unspecified atom stereocenters. The number of rotatable bonds is 12.